The van der Waals surface area contributed by atoms with Gasteiger partial charge >= 0.3 is 0 Å². The maximum atomic E-state index is 13.4. The van der Waals surface area contributed by atoms with Crippen molar-refractivity contribution in [3.8, 4) is 5.75 Å². The van der Waals surface area contributed by atoms with Crippen LogP contribution in [0.5, 0.6) is 5.75 Å². The van der Waals surface area contributed by atoms with Gasteiger partial charge in [0.2, 0.25) is 0 Å². The van der Waals surface area contributed by atoms with Gasteiger partial charge in [-0.3, -0.25) is 0 Å². The lowest BCUT2D eigenvalue weighted by atomic mass is 9.95. The number of fused-ring (bicyclic) bond motifs is 1. The quantitative estimate of drug-likeness (QED) is 0.931. The summed E-state index contributed by atoms with van der Waals surface area (Å²) in [5.74, 6) is 0.791. The Kier molecular flexibility index (Phi) is 3.93. The minimum Gasteiger partial charge on any atom is -0.488 e. The Morgan fingerprint density at radius 2 is 2.10 bits per heavy atom. The molecule has 0 spiro atoms. The third kappa shape index (κ3) is 2.93. The molecule has 0 aliphatic carbocycles. The number of hydrogen-bond acceptors (Lipinski definition) is 2. The average molecular weight is 285 g/mol. The lowest BCUT2D eigenvalue weighted by molar-refractivity contribution is 0.182. The van der Waals surface area contributed by atoms with Crippen molar-refractivity contribution in [1.29, 1.82) is 0 Å². The van der Waals surface area contributed by atoms with E-state index < -0.39 is 0 Å². The molecule has 1 aliphatic rings. The number of nitrogens with one attached hydrogen (secondary N) is 1. The zero-order valence-corrected chi connectivity index (χ0v) is 12.4. The van der Waals surface area contributed by atoms with Crippen molar-refractivity contribution in [2.75, 3.05) is 7.05 Å². The van der Waals surface area contributed by atoms with Crippen molar-refractivity contribution in [1.82, 2.24) is 5.32 Å². The molecule has 1 aliphatic heterocycles. The van der Waals surface area contributed by atoms with Crippen LogP contribution in [0.3, 0.4) is 0 Å². The number of ether oxygens (including phenoxy) is 1. The third-order valence-electron chi connectivity index (χ3n) is 4.24. The molecule has 21 heavy (non-hydrogen) atoms. The molecule has 3 heteroatoms. The Morgan fingerprint density at radius 1 is 1.29 bits per heavy atom. The lowest BCUT2D eigenvalue weighted by Crippen LogP contribution is -2.42. The fraction of sp³-hybridized carbons (Fsp3) is 0.333. The topological polar surface area (TPSA) is 21.3 Å². The molecule has 0 amide bonds. The molecule has 0 saturated carbocycles. The molecular formula is C18H20FNO. The zero-order valence-electron chi connectivity index (χ0n) is 12.4. The smallest absolute Gasteiger partial charge is 0.123 e. The Bertz CT molecular complexity index is 616. The van der Waals surface area contributed by atoms with E-state index in [-0.39, 0.29) is 18.0 Å². The third-order valence-corrected chi connectivity index (χ3v) is 4.24. The van der Waals surface area contributed by atoms with Crippen LogP contribution in [-0.2, 0) is 12.8 Å². The van der Waals surface area contributed by atoms with Gasteiger partial charge in [-0.2, -0.15) is 0 Å². The number of halogens is 1. The van der Waals surface area contributed by atoms with Crippen LogP contribution >= 0.6 is 0 Å². The first kappa shape index (κ1) is 14.1. The molecule has 0 radical (unpaired) electrons. The summed E-state index contributed by atoms with van der Waals surface area (Å²) in [6.45, 7) is 2.02. The van der Waals surface area contributed by atoms with Gasteiger partial charge in [-0.15, -0.1) is 0 Å². The molecule has 0 saturated heterocycles. The summed E-state index contributed by atoms with van der Waals surface area (Å²) in [4.78, 5) is 0. The molecule has 2 aromatic rings. The highest BCUT2D eigenvalue weighted by Gasteiger charge is 2.29. The van der Waals surface area contributed by atoms with Crippen molar-refractivity contribution in [2.24, 2.45) is 0 Å². The molecule has 2 atom stereocenters. The summed E-state index contributed by atoms with van der Waals surface area (Å²) >= 11 is 0. The molecule has 2 nitrogen and oxygen atoms in total. The van der Waals surface area contributed by atoms with E-state index in [1.807, 2.05) is 38.2 Å². The normalized spacial score (nSPS) is 18.1. The van der Waals surface area contributed by atoms with Crippen LogP contribution in [0.1, 0.15) is 16.7 Å². The van der Waals surface area contributed by atoms with Gasteiger partial charge in [0, 0.05) is 12.5 Å². The van der Waals surface area contributed by atoms with Crippen LogP contribution in [-0.4, -0.2) is 19.2 Å². The Balaban J connectivity index is 1.76. The van der Waals surface area contributed by atoms with Crippen LogP contribution in [0.25, 0.3) is 0 Å². The molecule has 110 valence electrons. The first-order valence-corrected chi connectivity index (χ1v) is 7.34. The average Bonchev–Trinajstić information content (AvgIpc) is 2.91. The van der Waals surface area contributed by atoms with Crippen LogP contribution in [0.15, 0.2) is 42.5 Å². The summed E-state index contributed by atoms with van der Waals surface area (Å²) in [7, 11) is 1.94. The van der Waals surface area contributed by atoms with Crippen molar-refractivity contribution in [3.05, 3.63) is 65.0 Å². The van der Waals surface area contributed by atoms with Gasteiger partial charge in [0.15, 0.2) is 0 Å². The van der Waals surface area contributed by atoms with Crippen LogP contribution in [0.4, 0.5) is 4.39 Å². The van der Waals surface area contributed by atoms with Gasteiger partial charge in [-0.25, -0.2) is 4.39 Å². The van der Waals surface area contributed by atoms with Crippen LogP contribution in [0, 0.1) is 12.7 Å². The van der Waals surface area contributed by atoms with Crippen molar-refractivity contribution < 1.29 is 9.13 Å². The Hall–Kier alpha value is -1.87. The molecule has 2 unspecified atom stereocenters. The highest BCUT2D eigenvalue weighted by molar-refractivity contribution is 5.38. The van der Waals surface area contributed by atoms with Gasteiger partial charge in [-0.1, -0.05) is 24.3 Å². The predicted molar refractivity (Wildman–Crippen MR) is 82.3 cm³/mol. The predicted octanol–water partition coefficient (Wildman–Crippen LogP) is 3.27. The fourth-order valence-electron chi connectivity index (χ4n) is 2.95. The highest BCUT2D eigenvalue weighted by Crippen LogP contribution is 2.30. The van der Waals surface area contributed by atoms with Crippen molar-refractivity contribution in [3.63, 3.8) is 0 Å². The highest BCUT2D eigenvalue weighted by atomic mass is 19.1. The SMILES string of the molecule is CNC(Cc1cc(F)ccc1C)C1Cc2ccccc2O1. The van der Waals surface area contributed by atoms with Gasteiger partial charge < -0.3 is 10.1 Å². The molecule has 1 N–H and O–H groups in total. The Morgan fingerprint density at radius 3 is 2.86 bits per heavy atom. The summed E-state index contributed by atoms with van der Waals surface area (Å²) in [5.41, 5.74) is 3.40. The van der Waals surface area contributed by atoms with Gasteiger partial charge in [-0.05, 0) is 55.3 Å². The molecule has 0 aromatic heterocycles. The second-order valence-corrected chi connectivity index (χ2v) is 5.64. The second kappa shape index (κ2) is 5.86. The maximum Gasteiger partial charge on any atom is 0.123 e. The van der Waals surface area contributed by atoms with E-state index in [0.717, 1.165) is 29.7 Å². The van der Waals surface area contributed by atoms with Crippen molar-refractivity contribution in [2.45, 2.75) is 31.9 Å². The number of aryl methyl sites for hydroxylation is 1. The first-order valence-electron chi connectivity index (χ1n) is 7.34. The lowest BCUT2D eigenvalue weighted by Gasteiger charge is -2.23. The molecule has 2 aromatic carbocycles. The van der Waals surface area contributed by atoms with E-state index in [0.29, 0.717) is 0 Å². The number of benzene rings is 2. The molecule has 3 rings (SSSR count). The molecule has 1 heterocycles. The summed E-state index contributed by atoms with van der Waals surface area (Å²) in [5, 5.41) is 3.33. The van der Waals surface area contributed by atoms with E-state index in [1.54, 1.807) is 6.07 Å². The Labute approximate surface area is 125 Å². The number of para-hydroxylation sites is 1. The number of hydrogen-bond donors (Lipinski definition) is 1. The van der Waals surface area contributed by atoms with Crippen molar-refractivity contribution >= 4 is 0 Å². The molecular weight excluding hydrogens is 265 g/mol. The standard InChI is InChI=1S/C18H20FNO/c1-12-7-8-15(19)9-14(12)10-16(20-2)18-11-13-5-3-4-6-17(13)21-18/h3-9,16,18,20H,10-11H2,1-2H3. The zero-order chi connectivity index (χ0) is 14.8. The number of likely N-dealkylation sites (N-methyl/N-ethyl adjacent to an activating group) is 1. The monoisotopic (exact) mass is 285 g/mol. The van der Waals surface area contributed by atoms with Gasteiger partial charge in [0.1, 0.15) is 17.7 Å². The van der Waals surface area contributed by atoms with E-state index in [4.69, 9.17) is 4.74 Å². The van der Waals surface area contributed by atoms with Gasteiger partial charge in [0.05, 0.1) is 0 Å². The number of rotatable bonds is 4. The van der Waals surface area contributed by atoms with Gasteiger partial charge in [0.25, 0.3) is 0 Å². The summed E-state index contributed by atoms with van der Waals surface area (Å²) < 4.78 is 19.5. The van der Waals surface area contributed by atoms with E-state index in [1.165, 1.54) is 11.6 Å². The first-order chi connectivity index (χ1) is 10.2. The molecule has 0 fully saturated rings. The minimum absolute atomic E-state index is 0.0927. The summed E-state index contributed by atoms with van der Waals surface area (Å²) in [6, 6.07) is 13.3. The minimum atomic E-state index is -0.180. The van der Waals surface area contributed by atoms with Crippen LogP contribution < -0.4 is 10.1 Å². The molecule has 0 bridgehead atoms. The summed E-state index contributed by atoms with van der Waals surface area (Å²) in [6.07, 6.45) is 1.75. The largest absolute Gasteiger partial charge is 0.488 e. The van der Waals surface area contributed by atoms with E-state index in [9.17, 15) is 4.39 Å². The fourth-order valence-corrected chi connectivity index (χ4v) is 2.95. The second-order valence-electron chi connectivity index (χ2n) is 5.64. The maximum absolute atomic E-state index is 13.4. The van der Waals surface area contributed by atoms with E-state index >= 15 is 0 Å². The van der Waals surface area contributed by atoms with Crippen LogP contribution in [0.2, 0.25) is 0 Å². The van der Waals surface area contributed by atoms with E-state index in [2.05, 4.69) is 11.4 Å².